The molecular formula is C19H17ClN4O. The molecule has 25 heavy (non-hydrogen) atoms. The number of aromatic nitrogens is 3. The largest absolute Gasteiger partial charge is 0.306 e. The van der Waals surface area contributed by atoms with Gasteiger partial charge in [-0.3, -0.25) is 9.69 Å². The van der Waals surface area contributed by atoms with E-state index in [4.69, 9.17) is 11.6 Å². The smallest absolute Gasteiger partial charge is 0.255 e. The first-order valence-electron chi connectivity index (χ1n) is 8.19. The van der Waals surface area contributed by atoms with Crippen LogP contribution < -0.4 is 5.56 Å². The van der Waals surface area contributed by atoms with Crippen molar-refractivity contribution in [1.82, 2.24) is 19.9 Å². The average molecular weight is 353 g/mol. The second-order valence-electron chi connectivity index (χ2n) is 6.16. The molecule has 2 aromatic heterocycles. The predicted octanol–water partition coefficient (Wildman–Crippen LogP) is 3.04. The van der Waals surface area contributed by atoms with E-state index in [0.717, 1.165) is 41.9 Å². The number of nitrogens with zero attached hydrogens (tertiary/aromatic N) is 3. The van der Waals surface area contributed by atoms with Crippen molar-refractivity contribution in [3.63, 3.8) is 0 Å². The molecule has 0 amide bonds. The fraction of sp³-hybridized carbons (Fsp3) is 0.211. The van der Waals surface area contributed by atoms with Gasteiger partial charge in [0.15, 0.2) is 0 Å². The Bertz CT molecular complexity index is 938. The Labute approximate surface area is 150 Å². The Morgan fingerprint density at radius 1 is 1.16 bits per heavy atom. The van der Waals surface area contributed by atoms with E-state index in [0.29, 0.717) is 17.5 Å². The summed E-state index contributed by atoms with van der Waals surface area (Å²) in [5.41, 5.74) is 3.61. The molecule has 3 aromatic rings. The molecule has 0 radical (unpaired) electrons. The number of fused-ring (bicyclic) bond motifs is 1. The number of hydrogen-bond donors (Lipinski definition) is 1. The maximum atomic E-state index is 12.5. The van der Waals surface area contributed by atoms with Crippen molar-refractivity contribution in [2.75, 3.05) is 6.54 Å². The number of aromatic amines is 1. The summed E-state index contributed by atoms with van der Waals surface area (Å²) in [6, 6.07) is 13.5. The van der Waals surface area contributed by atoms with Crippen LogP contribution in [0, 0.1) is 0 Å². The molecule has 0 bridgehead atoms. The Morgan fingerprint density at radius 3 is 2.76 bits per heavy atom. The van der Waals surface area contributed by atoms with Crippen LogP contribution in [0.4, 0.5) is 0 Å². The Balaban J connectivity index is 1.57. The normalized spacial score (nSPS) is 14.3. The van der Waals surface area contributed by atoms with Gasteiger partial charge in [0.05, 0.1) is 11.3 Å². The lowest BCUT2D eigenvalue weighted by Gasteiger charge is -2.27. The third kappa shape index (κ3) is 3.48. The van der Waals surface area contributed by atoms with Crippen molar-refractivity contribution in [3.8, 4) is 11.4 Å². The summed E-state index contributed by atoms with van der Waals surface area (Å²) >= 11 is 5.83. The van der Waals surface area contributed by atoms with Gasteiger partial charge in [0.2, 0.25) is 0 Å². The Kier molecular flexibility index (Phi) is 4.34. The molecule has 1 N–H and O–H groups in total. The van der Waals surface area contributed by atoms with Gasteiger partial charge in [-0.1, -0.05) is 48.0 Å². The summed E-state index contributed by atoms with van der Waals surface area (Å²) in [5.74, 6) is 0.639. The first-order valence-corrected chi connectivity index (χ1v) is 8.57. The van der Waals surface area contributed by atoms with Crippen LogP contribution in [0.2, 0.25) is 5.15 Å². The molecule has 3 heterocycles. The summed E-state index contributed by atoms with van der Waals surface area (Å²) in [7, 11) is 0. The highest BCUT2D eigenvalue weighted by Gasteiger charge is 2.21. The number of halogens is 1. The van der Waals surface area contributed by atoms with E-state index in [-0.39, 0.29) is 5.56 Å². The first-order chi connectivity index (χ1) is 12.2. The summed E-state index contributed by atoms with van der Waals surface area (Å²) in [4.78, 5) is 26.5. The van der Waals surface area contributed by atoms with Crippen LogP contribution in [0.1, 0.15) is 16.8 Å². The standard InChI is InChI=1S/C19H17ClN4O/c20-17-7-6-13(10-21-17)11-24-9-8-16-15(12-24)19(25)23-18(22-16)14-4-2-1-3-5-14/h1-7,10H,8-9,11-12H2,(H,22,23,25). The molecule has 0 aliphatic carbocycles. The first kappa shape index (κ1) is 16.0. The number of H-pyrrole nitrogens is 1. The Morgan fingerprint density at radius 2 is 2.00 bits per heavy atom. The summed E-state index contributed by atoms with van der Waals surface area (Å²) in [5, 5.41) is 0.488. The number of benzene rings is 1. The highest BCUT2D eigenvalue weighted by Crippen LogP contribution is 2.20. The molecule has 0 spiro atoms. The minimum atomic E-state index is -0.0530. The SMILES string of the molecule is O=c1[nH]c(-c2ccccc2)nc2c1CN(Cc1ccc(Cl)nc1)CC2. The van der Waals surface area contributed by atoms with Crippen molar-refractivity contribution in [2.24, 2.45) is 0 Å². The van der Waals surface area contributed by atoms with E-state index < -0.39 is 0 Å². The van der Waals surface area contributed by atoms with E-state index in [1.54, 1.807) is 12.3 Å². The maximum Gasteiger partial charge on any atom is 0.255 e. The van der Waals surface area contributed by atoms with E-state index in [9.17, 15) is 4.79 Å². The van der Waals surface area contributed by atoms with Gasteiger partial charge in [-0.15, -0.1) is 0 Å². The molecule has 0 unspecified atom stereocenters. The molecule has 1 aliphatic rings. The molecule has 4 rings (SSSR count). The van der Waals surface area contributed by atoms with Crippen LogP contribution in [-0.2, 0) is 19.5 Å². The van der Waals surface area contributed by atoms with Crippen molar-refractivity contribution < 1.29 is 0 Å². The summed E-state index contributed by atoms with van der Waals surface area (Å²) < 4.78 is 0. The maximum absolute atomic E-state index is 12.5. The number of hydrogen-bond acceptors (Lipinski definition) is 4. The van der Waals surface area contributed by atoms with Crippen LogP contribution >= 0.6 is 11.6 Å². The third-order valence-electron chi connectivity index (χ3n) is 4.39. The summed E-state index contributed by atoms with van der Waals surface area (Å²) in [6.07, 6.45) is 2.54. The minimum absolute atomic E-state index is 0.0530. The van der Waals surface area contributed by atoms with Gasteiger partial charge >= 0.3 is 0 Å². The number of rotatable bonds is 3. The molecular weight excluding hydrogens is 336 g/mol. The molecule has 1 aromatic carbocycles. The molecule has 1 aliphatic heterocycles. The fourth-order valence-electron chi connectivity index (χ4n) is 3.11. The Hall–Kier alpha value is -2.50. The van der Waals surface area contributed by atoms with E-state index in [1.807, 2.05) is 36.4 Å². The van der Waals surface area contributed by atoms with Gasteiger partial charge in [-0.05, 0) is 11.6 Å². The second-order valence-corrected chi connectivity index (χ2v) is 6.54. The van der Waals surface area contributed by atoms with E-state index >= 15 is 0 Å². The highest BCUT2D eigenvalue weighted by atomic mass is 35.5. The number of pyridine rings is 1. The zero-order valence-electron chi connectivity index (χ0n) is 13.6. The lowest BCUT2D eigenvalue weighted by molar-refractivity contribution is 0.241. The lowest BCUT2D eigenvalue weighted by Crippen LogP contribution is -2.35. The van der Waals surface area contributed by atoms with Gasteiger partial charge in [0.25, 0.3) is 5.56 Å². The van der Waals surface area contributed by atoms with Crippen molar-refractivity contribution in [3.05, 3.63) is 81.0 Å². The van der Waals surface area contributed by atoms with Crippen LogP contribution in [0.5, 0.6) is 0 Å². The topological polar surface area (TPSA) is 61.9 Å². The molecule has 5 nitrogen and oxygen atoms in total. The van der Waals surface area contributed by atoms with Crippen LogP contribution in [0.3, 0.4) is 0 Å². The zero-order valence-corrected chi connectivity index (χ0v) is 14.3. The lowest BCUT2D eigenvalue weighted by atomic mass is 10.1. The molecule has 0 atom stereocenters. The van der Waals surface area contributed by atoms with Crippen molar-refractivity contribution in [1.29, 1.82) is 0 Å². The van der Waals surface area contributed by atoms with Crippen LogP contribution in [0.25, 0.3) is 11.4 Å². The van der Waals surface area contributed by atoms with E-state index in [1.165, 1.54) is 0 Å². The minimum Gasteiger partial charge on any atom is -0.306 e. The molecule has 0 saturated carbocycles. The van der Waals surface area contributed by atoms with Crippen molar-refractivity contribution in [2.45, 2.75) is 19.5 Å². The second kappa shape index (κ2) is 6.78. The highest BCUT2D eigenvalue weighted by molar-refractivity contribution is 6.29. The monoisotopic (exact) mass is 352 g/mol. The van der Waals surface area contributed by atoms with E-state index in [2.05, 4.69) is 19.9 Å². The van der Waals surface area contributed by atoms with Gasteiger partial charge < -0.3 is 4.98 Å². The third-order valence-corrected chi connectivity index (χ3v) is 4.61. The van der Waals surface area contributed by atoms with Gasteiger partial charge in [-0.2, -0.15) is 0 Å². The summed E-state index contributed by atoms with van der Waals surface area (Å²) in [6.45, 7) is 2.19. The molecule has 126 valence electrons. The molecule has 6 heteroatoms. The molecule has 0 saturated heterocycles. The van der Waals surface area contributed by atoms with Gasteiger partial charge in [0.1, 0.15) is 11.0 Å². The quantitative estimate of drug-likeness (QED) is 0.736. The van der Waals surface area contributed by atoms with Gasteiger partial charge in [0, 0.05) is 37.8 Å². The van der Waals surface area contributed by atoms with Crippen molar-refractivity contribution >= 4 is 11.6 Å². The van der Waals surface area contributed by atoms with Crippen LogP contribution in [-0.4, -0.2) is 26.4 Å². The predicted molar refractivity (Wildman–Crippen MR) is 97.4 cm³/mol. The van der Waals surface area contributed by atoms with Gasteiger partial charge in [-0.25, -0.2) is 9.97 Å². The molecule has 0 fully saturated rings. The number of nitrogens with one attached hydrogen (secondary N) is 1. The average Bonchev–Trinajstić information content (AvgIpc) is 2.65. The van der Waals surface area contributed by atoms with Crippen LogP contribution in [0.15, 0.2) is 53.5 Å². The zero-order chi connectivity index (χ0) is 17.2. The fourth-order valence-corrected chi connectivity index (χ4v) is 3.22.